The van der Waals surface area contributed by atoms with E-state index < -0.39 is 0 Å². The van der Waals surface area contributed by atoms with Crippen LogP contribution in [-0.2, 0) is 0 Å². The monoisotopic (exact) mass is 348 g/mol. The number of fused-ring (bicyclic) bond motifs is 1. The van der Waals surface area contributed by atoms with E-state index in [4.69, 9.17) is 11.6 Å². The summed E-state index contributed by atoms with van der Waals surface area (Å²) in [6.07, 6.45) is 4.06. The van der Waals surface area contributed by atoms with Gasteiger partial charge in [0.05, 0.1) is 9.72 Å². The van der Waals surface area contributed by atoms with E-state index in [1.54, 1.807) is 6.07 Å². The fourth-order valence-corrected chi connectivity index (χ4v) is 3.97. The molecule has 3 rings (SSSR count). The van der Waals surface area contributed by atoms with Crippen molar-refractivity contribution in [3.8, 4) is 0 Å². The molecule has 0 aliphatic rings. The number of hydrogen-bond acceptors (Lipinski definition) is 4. The van der Waals surface area contributed by atoms with Crippen molar-refractivity contribution in [1.29, 1.82) is 0 Å². The average Bonchev–Trinajstić information content (AvgIpc) is 3.07. The van der Waals surface area contributed by atoms with E-state index in [0.29, 0.717) is 11.2 Å². The second kappa shape index (κ2) is 6.20. The summed E-state index contributed by atoms with van der Waals surface area (Å²) in [5.41, 5.74) is 1.90. The maximum absolute atomic E-state index is 12.0. The van der Waals surface area contributed by atoms with Crippen LogP contribution in [0.5, 0.6) is 0 Å². The Morgan fingerprint density at radius 3 is 2.86 bits per heavy atom. The number of nitrogens with one attached hydrogen (secondary N) is 1. The van der Waals surface area contributed by atoms with Gasteiger partial charge in [-0.1, -0.05) is 17.7 Å². The predicted molar refractivity (Wildman–Crippen MR) is 96.9 cm³/mol. The molecule has 0 amide bonds. The third kappa shape index (κ3) is 3.21. The van der Waals surface area contributed by atoms with Gasteiger partial charge < -0.3 is 4.98 Å². The number of aromatic amines is 1. The molecule has 0 aromatic carbocycles. The topological polar surface area (TPSA) is 45.8 Å². The first kappa shape index (κ1) is 15.2. The Bertz CT molecular complexity index is 946. The van der Waals surface area contributed by atoms with Crippen molar-refractivity contribution in [2.24, 2.45) is 0 Å². The van der Waals surface area contributed by atoms with E-state index in [9.17, 15) is 4.79 Å². The highest BCUT2D eigenvalue weighted by atomic mass is 35.5. The summed E-state index contributed by atoms with van der Waals surface area (Å²) >= 11 is 8.94. The van der Waals surface area contributed by atoms with Crippen molar-refractivity contribution in [3.63, 3.8) is 0 Å². The molecule has 1 N–H and O–H groups in total. The summed E-state index contributed by atoms with van der Waals surface area (Å²) < 4.78 is 0.772. The average molecular weight is 349 g/mol. The lowest BCUT2D eigenvalue weighted by molar-refractivity contribution is 1.12. The normalized spacial score (nSPS) is 13.0. The molecule has 0 bridgehead atoms. The zero-order chi connectivity index (χ0) is 15.7. The van der Waals surface area contributed by atoms with Gasteiger partial charge in [0.15, 0.2) is 0 Å². The molecule has 112 valence electrons. The van der Waals surface area contributed by atoms with Gasteiger partial charge in [0, 0.05) is 4.88 Å². The maximum atomic E-state index is 12.0. The number of thiophene rings is 2. The molecule has 3 aromatic rings. The molecule has 0 fully saturated rings. The molecule has 22 heavy (non-hydrogen) atoms. The number of hydrogen-bond donors (Lipinski definition) is 1. The Kier molecular flexibility index (Phi) is 4.29. The van der Waals surface area contributed by atoms with E-state index in [2.05, 4.69) is 16.0 Å². The lowest BCUT2D eigenvalue weighted by Gasteiger charge is -2.01. The van der Waals surface area contributed by atoms with Gasteiger partial charge >= 0.3 is 0 Å². The summed E-state index contributed by atoms with van der Waals surface area (Å²) in [6, 6.07) is 5.66. The van der Waals surface area contributed by atoms with Crippen molar-refractivity contribution in [2.75, 3.05) is 0 Å². The Hall–Kier alpha value is -1.69. The van der Waals surface area contributed by atoms with Gasteiger partial charge in [-0.25, -0.2) is 4.98 Å². The van der Waals surface area contributed by atoms with Crippen molar-refractivity contribution in [3.05, 3.63) is 60.6 Å². The fourth-order valence-electron chi connectivity index (χ4n) is 2.13. The fraction of sp³-hybridized carbons (Fsp3) is 0.125. The third-order valence-corrected chi connectivity index (χ3v) is 5.10. The Balaban J connectivity index is 1.95. The highest BCUT2D eigenvalue weighted by Gasteiger charge is 2.06. The smallest absolute Gasteiger partial charge is 0.259 e. The Morgan fingerprint density at radius 2 is 2.14 bits per heavy atom. The number of rotatable bonds is 3. The van der Waals surface area contributed by atoms with E-state index in [0.717, 1.165) is 25.2 Å². The minimum absolute atomic E-state index is 0.0966. The summed E-state index contributed by atoms with van der Waals surface area (Å²) in [7, 11) is 0. The maximum Gasteiger partial charge on any atom is 0.259 e. The molecule has 3 heterocycles. The second-order valence-electron chi connectivity index (χ2n) is 4.91. The summed E-state index contributed by atoms with van der Waals surface area (Å²) in [6.45, 7) is 3.95. The van der Waals surface area contributed by atoms with Crippen LogP contribution in [0.15, 0.2) is 40.0 Å². The van der Waals surface area contributed by atoms with Gasteiger partial charge in [-0.05, 0) is 54.6 Å². The highest BCUT2D eigenvalue weighted by Crippen LogP contribution is 2.24. The van der Waals surface area contributed by atoms with Gasteiger partial charge in [-0.3, -0.25) is 4.79 Å². The van der Waals surface area contributed by atoms with Gasteiger partial charge in [0.2, 0.25) is 0 Å². The molecular weight excluding hydrogens is 336 g/mol. The first-order valence-corrected chi connectivity index (χ1v) is 8.70. The lowest BCUT2D eigenvalue weighted by Crippen LogP contribution is -2.09. The van der Waals surface area contributed by atoms with E-state index in [1.807, 2.05) is 37.4 Å². The molecule has 3 nitrogen and oxygen atoms in total. The van der Waals surface area contributed by atoms with Gasteiger partial charge in [-0.15, -0.1) is 22.7 Å². The zero-order valence-electron chi connectivity index (χ0n) is 12.0. The molecule has 3 aromatic heterocycles. The number of aromatic nitrogens is 2. The summed E-state index contributed by atoms with van der Waals surface area (Å²) in [4.78, 5) is 21.2. The van der Waals surface area contributed by atoms with Crippen LogP contribution in [0.25, 0.3) is 21.9 Å². The van der Waals surface area contributed by atoms with Crippen LogP contribution < -0.4 is 5.56 Å². The molecule has 0 saturated carbocycles. The molecule has 0 spiro atoms. The standard InChI is InChI=1S/C16H13ClN2OS2/c1-9(8-11-3-4-13(17)22-11)7-10(2)14-18-15(20)12-5-6-21-16(12)19-14/h3-8H,1-2H3,(H,18,19,20)/b9-8+,10-7+. The summed E-state index contributed by atoms with van der Waals surface area (Å²) in [5.74, 6) is 0.608. The van der Waals surface area contributed by atoms with Crippen molar-refractivity contribution >= 4 is 56.1 Å². The van der Waals surface area contributed by atoms with Crippen molar-refractivity contribution < 1.29 is 0 Å². The van der Waals surface area contributed by atoms with Crippen LogP contribution >= 0.6 is 34.3 Å². The van der Waals surface area contributed by atoms with Crippen LogP contribution in [0.2, 0.25) is 4.34 Å². The Labute approximate surface area is 140 Å². The largest absolute Gasteiger partial charge is 0.306 e. The van der Waals surface area contributed by atoms with Crippen molar-refractivity contribution in [2.45, 2.75) is 13.8 Å². The first-order valence-electron chi connectivity index (χ1n) is 6.63. The van der Waals surface area contributed by atoms with Crippen LogP contribution in [-0.4, -0.2) is 9.97 Å². The minimum atomic E-state index is -0.0966. The molecule has 6 heteroatoms. The third-order valence-electron chi connectivity index (χ3n) is 3.12. The molecule has 0 aliphatic heterocycles. The molecule has 0 radical (unpaired) electrons. The number of H-pyrrole nitrogens is 1. The van der Waals surface area contributed by atoms with Crippen LogP contribution in [0.4, 0.5) is 0 Å². The Morgan fingerprint density at radius 1 is 1.32 bits per heavy atom. The highest BCUT2D eigenvalue weighted by molar-refractivity contribution is 7.17. The predicted octanol–water partition coefficient (Wildman–Crippen LogP) is 5.21. The van der Waals surface area contributed by atoms with Gasteiger partial charge in [0.1, 0.15) is 10.7 Å². The summed E-state index contributed by atoms with van der Waals surface area (Å²) in [5, 5.41) is 2.52. The second-order valence-corrected chi connectivity index (χ2v) is 7.55. The first-order chi connectivity index (χ1) is 10.5. The van der Waals surface area contributed by atoms with Crippen molar-refractivity contribution in [1.82, 2.24) is 9.97 Å². The van der Waals surface area contributed by atoms with E-state index >= 15 is 0 Å². The van der Waals surface area contributed by atoms with Crippen LogP contribution in [0.3, 0.4) is 0 Å². The lowest BCUT2D eigenvalue weighted by atomic mass is 10.1. The van der Waals surface area contributed by atoms with E-state index in [1.165, 1.54) is 22.7 Å². The van der Waals surface area contributed by atoms with E-state index in [-0.39, 0.29) is 5.56 Å². The molecular formula is C16H13ClN2OS2. The quantitative estimate of drug-likeness (QED) is 0.660. The van der Waals surface area contributed by atoms with Crippen LogP contribution in [0, 0.1) is 0 Å². The molecule has 0 saturated heterocycles. The van der Waals surface area contributed by atoms with Gasteiger partial charge in [0.25, 0.3) is 5.56 Å². The molecule has 0 aliphatic carbocycles. The molecule has 0 unspecified atom stereocenters. The minimum Gasteiger partial charge on any atom is -0.306 e. The number of allylic oxidation sites excluding steroid dienone is 3. The molecule has 0 atom stereocenters. The van der Waals surface area contributed by atoms with Gasteiger partial charge in [-0.2, -0.15) is 0 Å². The number of nitrogens with zero attached hydrogens (tertiary/aromatic N) is 1. The number of halogens is 1. The zero-order valence-corrected chi connectivity index (χ0v) is 14.4. The SMILES string of the molecule is CC(=C\c1ccc(Cl)s1)/C=C(\C)c1nc2sccc2c(=O)[nH]1. The van der Waals surface area contributed by atoms with Crippen LogP contribution in [0.1, 0.15) is 24.5 Å².